The van der Waals surface area contributed by atoms with Crippen LogP contribution in [0.3, 0.4) is 0 Å². The quantitative estimate of drug-likeness (QED) is 0.679. The van der Waals surface area contributed by atoms with Gasteiger partial charge in [-0.05, 0) is 28.3 Å². The molecule has 0 aliphatic heterocycles. The first-order chi connectivity index (χ1) is 9.08. The molecule has 0 fully saturated rings. The molecule has 0 bridgehead atoms. The second kappa shape index (κ2) is 8.90. The van der Waals surface area contributed by atoms with Crippen LogP contribution in [0.4, 0.5) is 4.79 Å². The minimum absolute atomic E-state index is 0.188. The van der Waals surface area contributed by atoms with Crippen molar-refractivity contribution in [3.8, 4) is 0 Å². The third kappa shape index (κ3) is 7.81. The van der Waals surface area contributed by atoms with E-state index in [1.807, 2.05) is 30.7 Å². The van der Waals surface area contributed by atoms with Gasteiger partial charge >= 0.3 is 6.03 Å². The van der Waals surface area contributed by atoms with Crippen molar-refractivity contribution >= 4 is 17.4 Å². The standard InChI is InChI=1S/C13H22N2O3S/c1-10(2)7-18-8-12(16)6-15-13(17)14-5-11-3-4-19-9-11/h3-4,9-10,12,16H,5-8H2,1-2H3,(H2,14,15,17). The molecule has 0 aromatic carbocycles. The Hall–Kier alpha value is -1.11. The van der Waals surface area contributed by atoms with Crippen molar-refractivity contribution in [1.29, 1.82) is 0 Å². The normalized spacial score (nSPS) is 12.4. The van der Waals surface area contributed by atoms with Crippen LogP contribution in [0.15, 0.2) is 16.8 Å². The van der Waals surface area contributed by atoms with Crippen molar-refractivity contribution in [3.63, 3.8) is 0 Å². The molecule has 0 spiro atoms. The number of nitrogens with one attached hydrogen (secondary N) is 2. The summed E-state index contributed by atoms with van der Waals surface area (Å²) in [5, 5.41) is 18.9. The van der Waals surface area contributed by atoms with Crippen LogP contribution in [0, 0.1) is 5.92 Å². The van der Waals surface area contributed by atoms with Crippen LogP contribution >= 0.6 is 11.3 Å². The summed E-state index contributed by atoms with van der Waals surface area (Å²) in [7, 11) is 0. The summed E-state index contributed by atoms with van der Waals surface area (Å²) in [5.41, 5.74) is 1.07. The van der Waals surface area contributed by atoms with Gasteiger partial charge in [0.1, 0.15) is 0 Å². The highest BCUT2D eigenvalue weighted by atomic mass is 32.1. The van der Waals surface area contributed by atoms with Crippen molar-refractivity contribution in [1.82, 2.24) is 10.6 Å². The summed E-state index contributed by atoms with van der Waals surface area (Å²) in [4.78, 5) is 11.5. The average Bonchev–Trinajstić information content (AvgIpc) is 2.86. The lowest BCUT2D eigenvalue weighted by atomic mass is 10.2. The van der Waals surface area contributed by atoms with E-state index in [9.17, 15) is 9.90 Å². The third-order valence-electron chi connectivity index (χ3n) is 2.29. The zero-order valence-electron chi connectivity index (χ0n) is 11.4. The lowest BCUT2D eigenvalue weighted by Crippen LogP contribution is -2.40. The number of hydrogen-bond donors (Lipinski definition) is 3. The fourth-order valence-electron chi connectivity index (χ4n) is 1.35. The Morgan fingerprint density at radius 1 is 1.42 bits per heavy atom. The van der Waals surface area contributed by atoms with Crippen LogP contribution in [-0.4, -0.2) is 37.0 Å². The Morgan fingerprint density at radius 3 is 2.84 bits per heavy atom. The minimum atomic E-state index is -0.675. The van der Waals surface area contributed by atoms with Gasteiger partial charge in [0.25, 0.3) is 0 Å². The summed E-state index contributed by atoms with van der Waals surface area (Å²) < 4.78 is 5.29. The summed E-state index contributed by atoms with van der Waals surface area (Å²) in [5.74, 6) is 0.439. The molecule has 0 aliphatic carbocycles. The first-order valence-electron chi connectivity index (χ1n) is 6.36. The number of aliphatic hydroxyl groups is 1. The van der Waals surface area contributed by atoms with Crippen LogP contribution in [0.25, 0.3) is 0 Å². The third-order valence-corrected chi connectivity index (χ3v) is 3.02. The summed E-state index contributed by atoms with van der Waals surface area (Å²) in [6, 6.07) is 1.67. The molecule has 1 aromatic heterocycles. The SMILES string of the molecule is CC(C)COCC(O)CNC(=O)NCc1ccsc1. The number of aliphatic hydroxyl groups excluding tert-OH is 1. The molecular formula is C13H22N2O3S. The van der Waals surface area contributed by atoms with E-state index in [-0.39, 0.29) is 19.2 Å². The highest BCUT2D eigenvalue weighted by molar-refractivity contribution is 7.07. The number of thiophene rings is 1. The number of urea groups is 1. The maximum atomic E-state index is 11.5. The summed E-state index contributed by atoms with van der Waals surface area (Å²) in [6.45, 7) is 5.62. The molecule has 6 heteroatoms. The van der Waals surface area contributed by atoms with Crippen molar-refractivity contribution < 1.29 is 14.6 Å². The van der Waals surface area contributed by atoms with Crippen molar-refractivity contribution in [3.05, 3.63) is 22.4 Å². The largest absolute Gasteiger partial charge is 0.389 e. The summed E-state index contributed by atoms with van der Waals surface area (Å²) in [6.07, 6.45) is -0.675. The number of carbonyl (C=O) groups excluding carboxylic acids is 1. The van der Waals surface area contributed by atoms with Crippen LogP contribution in [0.2, 0.25) is 0 Å². The van der Waals surface area contributed by atoms with Gasteiger partial charge in [-0.1, -0.05) is 13.8 Å². The van der Waals surface area contributed by atoms with Crippen LogP contribution < -0.4 is 10.6 Å². The van der Waals surface area contributed by atoms with E-state index in [2.05, 4.69) is 10.6 Å². The zero-order valence-corrected chi connectivity index (χ0v) is 12.2. The van der Waals surface area contributed by atoms with E-state index in [0.717, 1.165) is 5.56 Å². The number of carbonyl (C=O) groups is 1. The molecular weight excluding hydrogens is 264 g/mol. The molecule has 19 heavy (non-hydrogen) atoms. The Balaban J connectivity index is 2.05. The predicted molar refractivity (Wildman–Crippen MR) is 76.2 cm³/mol. The first kappa shape index (κ1) is 15.9. The average molecular weight is 286 g/mol. The monoisotopic (exact) mass is 286 g/mol. The first-order valence-corrected chi connectivity index (χ1v) is 7.30. The maximum Gasteiger partial charge on any atom is 0.315 e. The van der Waals surface area contributed by atoms with E-state index in [0.29, 0.717) is 19.1 Å². The molecule has 0 saturated heterocycles. The van der Waals surface area contributed by atoms with Gasteiger partial charge in [0.2, 0.25) is 0 Å². The molecule has 0 saturated carbocycles. The molecule has 1 unspecified atom stereocenters. The molecule has 2 amide bonds. The number of rotatable bonds is 8. The molecule has 0 aliphatic rings. The van der Waals surface area contributed by atoms with Gasteiger partial charge < -0.3 is 20.5 Å². The fraction of sp³-hybridized carbons (Fsp3) is 0.615. The lowest BCUT2D eigenvalue weighted by Gasteiger charge is -2.13. The second-order valence-corrected chi connectivity index (χ2v) is 5.56. The molecule has 1 rings (SSSR count). The van der Waals surface area contributed by atoms with Gasteiger partial charge in [0.15, 0.2) is 0 Å². The Labute approximate surface area is 118 Å². The van der Waals surface area contributed by atoms with Crippen molar-refractivity contribution in [2.75, 3.05) is 19.8 Å². The molecule has 0 radical (unpaired) electrons. The van der Waals surface area contributed by atoms with Gasteiger partial charge in [-0.25, -0.2) is 4.79 Å². The minimum Gasteiger partial charge on any atom is -0.389 e. The van der Waals surface area contributed by atoms with Crippen LogP contribution in [-0.2, 0) is 11.3 Å². The topological polar surface area (TPSA) is 70.6 Å². The van der Waals surface area contributed by atoms with Crippen LogP contribution in [0.5, 0.6) is 0 Å². The van der Waals surface area contributed by atoms with Gasteiger partial charge in [0, 0.05) is 19.7 Å². The molecule has 3 N–H and O–H groups in total. The number of hydrogen-bond acceptors (Lipinski definition) is 4. The van der Waals surface area contributed by atoms with E-state index in [1.165, 1.54) is 0 Å². The van der Waals surface area contributed by atoms with Crippen molar-refractivity contribution in [2.45, 2.75) is 26.5 Å². The van der Waals surface area contributed by atoms with Gasteiger partial charge in [-0.2, -0.15) is 11.3 Å². The maximum absolute atomic E-state index is 11.5. The molecule has 5 nitrogen and oxygen atoms in total. The van der Waals surface area contributed by atoms with E-state index in [1.54, 1.807) is 11.3 Å². The highest BCUT2D eigenvalue weighted by Gasteiger charge is 2.07. The molecule has 108 valence electrons. The number of ether oxygens (including phenoxy) is 1. The van der Waals surface area contributed by atoms with E-state index >= 15 is 0 Å². The van der Waals surface area contributed by atoms with E-state index < -0.39 is 6.10 Å². The van der Waals surface area contributed by atoms with Gasteiger partial charge in [-0.3, -0.25) is 0 Å². The lowest BCUT2D eigenvalue weighted by molar-refractivity contribution is 0.0272. The molecule has 1 atom stereocenters. The smallest absolute Gasteiger partial charge is 0.315 e. The number of amides is 2. The zero-order chi connectivity index (χ0) is 14.1. The van der Waals surface area contributed by atoms with Gasteiger partial charge in [-0.15, -0.1) is 0 Å². The van der Waals surface area contributed by atoms with Gasteiger partial charge in [0.05, 0.1) is 12.7 Å². The highest BCUT2D eigenvalue weighted by Crippen LogP contribution is 2.04. The molecule has 1 aromatic rings. The molecule has 1 heterocycles. The Kier molecular flexibility index (Phi) is 7.47. The second-order valence-electron chi connectivity index (χ2n) is 4.78. The predicted octanol–water partition coefficient (Wildman–Crippen LogP) is 1.58. The Morgan fingerprint density at radius 2 is 2.21 bits per heavy atom. The summed E-state index contributed by atoms with van der Waals surface area (Å²) >= 11 is 1.59. The van der Waals surface area contributed by atoms with Crippen molar-refractivity contribution in [2.24, 2.45) is 5.92 Å². The van der Waals surface area contributed by atoms with Crippen LogP contribution in [0.1, 0.15) is 19.4 Å². The van der Waals surface area contributed by atoms with E-state index in [4.69, 9.17) is 4.74 Å². The Bertz CT molecular complexity index is 355. The fourth-order valence-corrected chi connectivity index (χ4v) is 2.02.